The molecular formula is C15H21Cl3. The molecule has 1 atom stereocenters. The predicted molar refractivity (Wildman–Crippen MR) is 83.3 cm³/mol. The summed E-state index contributed by atoms with van der Waals surface area (Å²) in [6, 6.07) is 2.23. The molecule has 3 heteroatoms. The van der Waals surface area contributed by atoms with Crippen molar-refractivity contribution in [1.82, 2.24) is 0 Å². The molecule has 0 aromatic heterocycles. The average molecular weight is 308 g/mol. The van der Waals surface area contributed by atoms with Gasteiger partial charge >= 0.3 is 0 Å². The lowest BCUT2D eigenvalue weighted by Gasteiger charge is -2.26. The Morgan fingerprint density at radius 2 is 1.44 bits per heavy atom. The lowest BCUT2D eigenvalue weighted by molar-refractivity contribution is 0.608. The van der Waals surface area contributed by atoms with Crippen LogP contribution in [-0.4, -0.2) is 3.79 Å². The normalized spacial score (nSPS) is 13.8. The third-order valence-corrected chi connectivity index (χ3v) is 4.27. The van der Waals surface area contributed by atoms with E-state index in [0.717, 1.165) is 6.42 Å². The molecule has 0 saturated carbocycles. The zero-order valence-electron chi connectivity index (χ0n) is 11.7. The van der Waals surface area contributed by atoms with Crippen molar-refractivity contribution in [2.75, 3.05) is 0 Å². The van der Waals surface area contributed by atoms with E-state index in [1.165, 1.54) is 27.8 Å². The van der Waals surface area contributed by atoms with Gasteiger partial charge in [-0.3, -0.25) is 0 Å². The van der Waals surface area contributed by atoms with Crippen LogP contribution in [0.5, 0.6) is 0 Å². The lowest BCUT2D eigenvalue weighted by atomic mass is 9.83. The number of halogens is 3. The zero-order chi connectivity index (χ0) is 14.1. The maximum Gasteiger partial charge on any atom is 0.191 e. The Morgan fingerprint density at radius 3 is 1.78 bits per heavy atom. The van der Waals surface area contributed by atoms with Crippen LogP contribution in [0, 0.1) is 27.7 Å². The molecule has 0 aliphatic carbocycles. The summed E-state index contributed by atoms with van der Waals surface area (Å²) in [7, 11) is 0. The van der Waals surface area contributed by atoms with Crippen LogP contribution in [0.4, 0.5) is 0 Å². The molecule has 0 N–H and O–H groups in total. The number of hydrogen-bond donors (Lipinski definition) is 0. The Bertz CT molecular complexity index is 404. The smallest absolute Gasteiger partial charge is 0.0837 e. The molecular weight excluding hydrogens is 287 g/mol. The molecule has 0 spiro atoms. The topological polar surface area (TPSA) is 0 Å². The summed E-state index contributed by atoms with van der Waals surface area (Å²) in [5, 5.41) is 0. The van der Waals surface area contributed by atoms with E-state index in [0.29, 0.717) is 12.3 Å². The highest BCUT2D eigenvalue weighted by atomic mass is 35.6. The summed E-state index contributed by atoms with van der Waals surface area (Å²) in [6.07, 6.45) is 1.55. The average Bonchev–Trinajstić information content (AvgIpc) is 2.23. The first-order chi connectivity index (χ1) is 8.17. The molecule has 0 heterocycles. The van der Waals surface area contributed by atoms with E-state index in [-0.39, 0.29) is 0 Å². The number of hydrogen-bond acceptors (Lipinski definition) is 0. The minimum absolute atomic E-state index is 0.302. The van der Waals surface area contributed by atoms with E-state index in [9.17, 15) is 0 Å². The quantitative estimate of drug-likeness (QED) is 0.585. The van der Waals surface area contributed by atoms with E-state index < -0.39 is 3.79 Å². The summed E-state index contributed by atoms with van der Waals surface area (Å²) in [4.78, 5) is 0. The third-order valence-electron chi connectivity index (χ3n) is 3.80. The molecule has 1 aromatic carbocycles. The van der Waals surface area contributed by atoms with E-state index >= 15 is 0 Å². The molecule has 0 amide bonds. The second kappa shape index (κ2) is 6.03. The molecule has 1 unspecified atom stereocenters. The van der Waals surface area contributed by atoms with Crippen LogP contribution in [0.15, 0.2) is 6.07 Å². The summed E-state index contributed by atoms with van der Waals surface area (Å²) in [6.45, 7) is 10.8. The Balaban J connectivity index is 3.29. The van der Waals surface area contributed by atoms with Gasteiger partial charge in [-0.15, -0.1) is 0 Å². The molecule has 0 radical (unpaired) electrons. The van der Waals surface area contributed by atoms with Crippen LogP contribution in [0.3, 0.4) is 0 Å². The van der Waals surface area contributed by atoms with Crippen molar-refractivity contribution in [1.29, 1.82) is 0 Å². The fraction of sp³-hybridized carbons (Fsp3) is 0.600. The van der Waals surface area contributed by atoms with Gasteiger partial charge in [0.1, 0.15) is 0 Å². The first kappa shape index (κ1) is 16.1. The maximum atomic E-state index is 5.97. The minimum Gasteiger partial charge on any atom is -0.0837 e. The molecule has 0 saturated heterocycles. The molecule has 1 aromatic rings. The summed E-state index contributed by atoms with van der Waals surface area (Å²) in [5.41, 5.74) is 6.66. The number of alkyl halides is 3. The standard InChI is InChI=1S/C15H21Cl3/c1-6-13(8-15(16,17)18)14-11(4)9(2)7-10(3)12(14)5/h7,13H,6,8H2,1-5H3. The summed E-state index contributed by atoms with van der Waals surface area (Å²) in [5.74, 6) is 0.302. The van der Waals surface area contributed by atoms with E-state index in [1.807, 2.05) is 0 Å². The monoisotopic (exact) mass is 306 g/mol. The fourth-order valence-electron chi connectivity index (χ4n) is 2.59. The van der Waals surface area contributed by atoms with E-state index in [1.54, 1.807) is 0 Å². The van der Waals surface area contributed by atoms with Crippen molar-refractivity contribution < 1.29 is 0 Å². The zero-order valence-corrected chi connectivity index (χ0v) is 14.0. The first-order valence-corrected chi connectivity index (χ1v) is 7.44. The number of benzene rings is 1. The largest absolute Gasteiger partial charge is 0.191 e. The Labute approximate surface area is 126 Å². The highest BCUT2D eigenvalue weighted by Crippen LogP contribution is 2.41. The van der Waals surface area contributed by atoms with Gasteiger partial charge in [0.05, 0.1) is 0 Å². The SMILES string of the molecule is CCC(CC(Cl)(Cl)Cl)c1c(C)c(C)cc(C)c1C. The van der Waals surface area contributed by atoms with Crippen molar-refractivity contribution in [3.63, 3.8) is 0 Å². The summed E-state index contributed by atoms with van der Waals surface area (Å²) >= 11 is 17.9. The van der Waals surface area contributed by atoms with Crippen molar-refractivity contribution >= 4 is 34.8 Å². The predicted octanol–water partition coefficient (Wildman–Crippen LogP) is 6.17. The van der Waals surface area contributed by atoms with Crippen LogP contribution >= 0.6 is 34.8 Å². The van der Waals surface area contributed by atoms with Crippen LogP contribution in [-0.2, 0) is 0 Å². The molecule has 18 heavy (non-hydrogen) atoms. The van der Waals surface area contributed by atoms with Crippen LogP contribution in [0.25, 0.3) is 0 Å². The molecule has 0 bridgehead atoms. The Kier molecular flexibility index (Phi) is 5.41. The maximum absolute atomic E-state index is 5.97. The second-order valence-electron chi connectivity index (χ2n) is 5.10. The van der Waals surface area contributed by atoms with Gasteiger partial charge in [-0.05, 0) is 67.9 Å². The van der Waals surface area contributed by atoms with Gasteiger partial charge in [-0.1, -0.05) is 47.8 Å². The number of aryl methyl sites for hydroxylation is 2. The van der Waals surface area contributed by atoms with Crippen molar-refractivity contribution in [3.8, 4) is 0 Å². The van der Waals surface area contributed by atoms with Gasteiger partial charge in [0.25, 0.3) is 0 Å². The molecule has 0 aliphatic rings. The molecule has 0 aliphatic heterocycles. The summed E-state index contributed by atoms with van der Waals surface area (Å²) < 4.78 is -1.18. The highest BCUT2D eigenvalue weighted by molar-refractivity contribution is 6.67. The third kappa shape index (κ3) is 3.79. The van der Waals surface area contributed by atoms with E-state index in [2.05, 4.69) is 40.7 Å². The molecule has 0 fully saturated rings. The van der Waals surface area contributed by atoms with Crippen molar-refractivity contribution in [2.24, 2.45) is 0 Å². The van der Waals surface area contributed by atoms with Gasteiger partial charge < -0.3 is 0 Å². The molecule has 1 rings (SSSR count). The van der Waals surface area contributed by atoms with Gasteiger partial charge in [0, 0.05) is 6.42 Å². The Hall–Kier alpha value is 0.0900. The van der Waals surface area contributed by atoms with Gasteiger partial charge in [0.2, 0.25) is 0 Å². The highest BCUT2D eigenvalue weighted by Gasteiger charge is 2.27. The molecule has 102 valence electrons. The fourth-order valence-corrected chi connectivity index (χ4v) is 3.15. The van der Waals surface area contributed by atoms with Gasteiger partial charge in [0.15, 0.2) is 3.79 Å². The van der Waals surface area contributed by atoms with Crippen LogP contribution in [0.1, 0.15) is 53.5 Å². The van der Waals surface area contributed by atoms with Crippen LogP contribution in [0.2, 0.25) is 0 Å². The van der Waals surface area contributed by atoms with Gasteiger partial charge in [-0.25, -0.2) is 0 Å². The number of rotatable bonds is 3. The minimum atomic E-state index is -1.18. The van der Waals surface area contributed by atoms with Gasteiger partial charge in [-0.2, -0.15) is 0 Å². The molecule has 0 nitrogen and oxygen atoms in total. The second-order valence-corrected chi connectivity index (χ2v) is 7.61. The first-order valence-electron chi connectivity index (χ1n) is 6.31. The van der Waals surface area contributed by atoms with Crippen LogP contribution < -0.4 is 0 Å². The van der Waals surface area contributed by atoms with E-state index in [4.69, 9.17) is 34.8 Å². The van der Waals surface area contributed by atoms with Crippen molar-refractivity contribution in [2.45, 2.75) is 57.2 Å². The Morgan fingerprint density at radius 1 is 1.00 bits per heavy atom. The van der Waals surface area contributed by atoms with Crippen molar-refractivity contribution in [3.05, 3.63) is 33.9 Å². The lowest BCUT2D eigenvalue weighted by Crippen LogP contribution is -2.13.